The molecule has 0 unspecified atom stereocenters. The van der Waals surface area contributed by atoms with E-state index >= 15 is 0 Å². The zero-order valence-corrected chi connectivity index (χ0v) is 24.8. The molecule has 220 valence electrons. The van der Waals surface area contributed by atoms with Gasteiger partial charge in [-0.15, -0.1) is 0 Å². The fourth-order valence-electron chi connectivity index (χ4n) is 3.14. The SMILES string of the molecule is CC(C)COC(=O)O[C@@H](C)COC(=O)[C@@H](N)Cc1ccc(OC(=O)CC(C)(C)C)c(OC(=O)CC(C)(C)C)c1. The highest BCUT2D eigenvalue weighted by molar-refractivity contribution is 5.78. The second kappa shape index (κ2) is 14.9. The summed E-state index contributed by atoms with van der Waals surface area (Å²) in [7, 11) is 0. The first-order valence-corrected chi connectivity index (χ1v) is 13.1. The molecule has 0 amide bonds. The maximum Gasteiger partial charge on any atom is 0.508 e. The summed E-state index contributed by atoms with van der Waals surface area (Å²) in [6.07, 6.45) is -1.20. The molecule has 0 aromatic heterocycles. The number of hydrogen-bond acceptors (Lipinski definition) is 10. The summed E-state index contributed by atoms with van der Waals surface area (Å²) in [6.45, 7) is 16.8. The van der Waals surface area contributed by atoms with Crippen LogP contribution in [-0.4, -0.2) is 49.4 Å². The van der Waals surface area contributed by atoms with Gasteiger partial charge in [-0.2, -0.15) is 0 Å². The van der Waals surface area contributed by atoms with Crippen LogP contribution < -0.4 is 15.2 Å². The molecule has 0 radical (unpaired) electrons. The molecule has 0 saturated heterocycles. The number of esters is 3. The summed E-state index contributed by atoms with van der Waals surface area (Å²) in [5, 5.41) is 0. The van der Waals surface area contributed by atoms with E-state index < -0.39 is 36.2 Å². The Hall–Kier alpha value is -3.14. The summed E-state index contributed by atoms with van der Waals surface area (Å²) >= 11 is 0. The molecular weight excluding hydrogens is 506 g/mol. The van der Waals surface area contributed by atoms with E-state index in [0.717, 1.165) is 0 Å². The molecule has 0 aliphatic rings. The average molecular weight is 552 g/mol. The van der Waals surface area contributed by atoms with Gasteiger partial charge in [0.05, 0.1) is 19.4 Å². The van der Waals surface area contributed by atoms with E-state index in [0.29, 0.717) is 5.56 Å². The average Bonchev–Trinajstić information content (AvgIpc) is 2.75. The van der Waals surface area contributed by atoms with Gasteiger partial charge in [0.25, 0.3) is 0 Å². The maximum atomic E-state index is 12.5. The molecule has 0 fully saturated rings. The van der Waals surface area contributed by atoms with Crippen LogP contribution in [0.3, 0.4) is 0 Å². The lowest BCUT2D eigenvalue weighted by atomic mass is 9.92. The Labute approximate surface area is 231 Å². The Kier molecular flexibility index (Phi) is 12.9. The number of nitrogens with two attached hydrogens (primary N) is 1. The zero-order chi connectivity index (χ0) is 30.0. The van der Waals surface area contributed by atoms with Crippen LogP contribution >= 0.6 is 0 Å². The molecule has 0 saturated carbocycles. The van der Waals surface area contributed by atoms with Gasteiger partial charge in [-0.3, -0.25) is 14.4 Å². The van der Waals surface area contributed by atoms with Crippen molar-refractivity contribution in [3.8, 4) is 11.5 Å². The molecule has 0 spiro atoms. The summed E-state index contributed by atoms with van der Waals surface area (Å²) in [5.74, 6) is -1.33. The Balaban J connectivity index is 2.88. The van der Waals surface area contributed by atoms with E-state index in [2.05, 4.69) is 0 Å². The summed E-state index contributed by atoms with van der Waals surface area (Å²) in [4.78, 5) is 49.0. The number of ether oxygens (including phenoxy) is 5. The van der Waals surface area contributed by atoms with Gasteiger partial charge in [0.1, 0.15) is 18.8 Å². The number of carbonyl (C=O) groups is 4. The van der Waals surface area contributed by atoms with Crippen molar-refractivity contribution >= 4 is 24.1 Å². The van der Waals surface area contributed by atoms with Crippen molar-refractivity contribution < 1.29 is 42.9 Å². The molecule has 10 heteroatoms. The van der Waals surface area contributed by atoms with Gasteiger partial charge in [-0.05, 0) is 47.8 Å². The van der Waals surface area contributed by atoms with Crippen molar-refractivity contribution in [2.75, 3.05) is 13.2 Å². The standard InChI is InChI=1S/C29H45NO9/c1-18(2)16-36-27(34)37-19(3)17-35-26(33)21(30)12-20-10-11-22(38-24(31)14-28(4,5)6)23(13-20)39-25(32)15-29(7,8)9/h10-11,13,18-19,21H,12,14-17,30H2,1-9H3/t19-,21-/m0/s1. The van der Waals surface area contributed by atoms with Gasteiger partial charge in [0, 0.05) is 0 Å². The Bertz CT molecular complexity index is 989. The van der Waals surface area contributed by atoms with Gasteiger partial charge in [-0.1, -0.05) is 61.5 Å². The highest BCUT2D eigenvalue weighted by Gasteiger charge is 2.24. The van der Waals surface area contributed by atoms with E-state index in [1.807, 2.05) is 55.4 Å². The second-order valence-corrected chi connectivity index (χ2v) is 12.5. The predicted molar refractivity (Wildman–Crippen MR) is 145 cm³/mol. The second-order valence-electron chi connectivity index (χ2n) is 12.5. The monoisotopic (exact) mass is 551 g/mol. The molecule has 2 atom stereocenters. The van der Waals surface area contributed by atoms with E-state index in [9.17, 15) is 19.2 Å². The number of carbonyl (C=O) groups excluding carboxylic acids is 4. The molecule has 1 aromatic carbocycles. The van der Waals surface area contributed by atoms with Crippen LogP contribution in [0.2, 0.25) is 0 Å². The maximum absolute atomic E-state index is 12.5. The van der Waals surface area contributed by atoms with Gasteiger partial charge < -0.3 is 29.4 Å². The minimum atomic E-state index is -1.04. The van der Waals surface area contributed by atoms with Crippen LogP contribution in [0.4, 0.5) is 4.79 Å². The lowest BCUT2D eigenvalue weighted by Gasteiger charge is -2.20. The number of rotatable bonds is 12. The van der Waals surface area contributed by atoms with Crippen molar-refractivity contribution in [1.82, 2.24) is 0 Å². The summed E-state index contributed by atoms with van der Waals surface area (Å²) in [5.41, 5.74) is 6.01. The van der Waals surface area contributed by atoms with Gasteiger partial charge in [0.2, 0.25) is 0 Å². The topological polar surface area (TPSA) is 140 Å². The predicted octanol–water partition coefficient (Wildman–Crippen LogP) is 4.98. The first-order chi connectivity index (χ1) is 17.8. The van der Waals surface area contributed by atoms with E-state index in [4.69, 9.17) is 29.4 Å². The van der Waals surface area contributed by atoms with Crippen LogP contribution in [0.25, 0.3) is 0 Å². The van der Waals surface area contributed by atoms with Gasteiger partial charge in [0.15, 0.2) is 11.5 Å². The largest absolute Gasteiger partial charge is 0.508 e. The molecular formula is C29H45NO9. The molecule has 0 aliphatic heterocycles. The fourth-order valence-corrected chi connectivity index (χ4v) is 3.14. The molecule has 1 rings (SSSR count). The fraction of sp³-hybridized carbons (Fsp3) is 0.655. The van der Waals surface area contributed by atoms with Crippen LogP contribution in [-0.2, 0) is 35.0 Å². The first-order valence-electron chi connectivity index (χ1n) is 13.1. The van der Waals surface area contributed by atoms with Crippen LogP contribution in [0.5, 0.6) is 11.5 Å². The van der Waals surface area contributed by atoms with Crippen molar-refractivity contribution in [2.24, 2.45) is 22.5 Å². The third-order valence-electron chi connectivity index (χ3n) is 4.86. The van der Waals surface area contributed by atoms with Crippen molar-refractivity contribution in [1.29, 1.82) is 0 Å². The zero-order valence-electron chi connectivity index (χ0n) is 24.8. The molecule has 10 nitrogen and oxygen atoms in total. The van der Waals surface area contributed by atoms with E-state index in [1.165, 1.54) is 12.1 Å². The highest BCUT2D eigenvalue weighted by atomic mass is 16.7. The van der Waals surface area contributed by atoms with Crippen molar-refractivity contribution in [2.45, 2.75) is 93.7 Å². The Morgan fingerprint density at radius 2 is 1.33 bits per heavy atom. The molecule has 2 N–H and O–H groups in total. The Morgan fingerprint density at radius 3 is 1.85 bits per heavy atom. The van der Waals surface area contributed by atoms with E-state index in [1.54, 1.807) is 13.0 Å². The first kappa shape index (κ1) is 33.9. The van der Waals surface area contributed by atoms with Gasteiger partial charge in [-0.25, -0.2) is 4.79 Å². The quantitative estimate of drug-likeness (QED) is 0.279. The smallest absolute Gasteiger partial charge is 0.461 e. The number of benzene rings is 1. The number of hydrogen-bond donors (Lipinski definition) is 1. The molecule has 1 aromatic rings. The lowest BCUT2D eigenvalue weighted by Crippen LogP contribution is -2.36. The highest BCUT2D eigenvalue weighted by Crippen LogP contribution is 2.32. The third kappa shape index (κ3) is 15.1. The minimum absolute atomic E-state index is 0.0601. The molecule has 39 heavy (non-hydrogen) atoms. The van der Waals surface area contributed by atoms with Crippen molar-refractivity contribution in [3.05, 3.63) is 23.8 Å². The summed E-state index contributed by atoms with van der Waals surface area (Å²) < 4.78 is 26.2. The molecule has 0 bridgehead atoms. The van der Waals surface area contributed by atoms with Crippen LogP contribution in [0.1, 0.15) is 80.7 Å². The van der Waals surface area contributed by atoms with Crippen LogP contribution in [0, 0.1) is 16.7 Å². The minimum Gasteiger partial charge on any atom is -0.461 e. The lowest BCUT2D eigenvalue weighted by molar-refractivity contribution is -0.148. The normalized spacial score (nSPS) is 13.3. The van der Waals surface area contributed by atoms with E-state index in [-0.39, 0.29) is 60.7 Å². The molecule has 0 aliphatic carbocycles. The molecule has 0 heterocycles. The summed E-state index contributed by atoms with van der Waals surface area (Å²) in [6, 6.07) is 3.61. The third-order valence-corrected chi connectivity index (χ3v) is 4.86. The van der Waals surface area contributed by atoms with Gasteiger partial charge >= 0.3 is 24.1 Å². The van der Waals surface area contributed by atoms with Crippen molar-refractivity contribution in [3.63, 3.8) is 0 Å². The van der Waals surface area contributed by atoms with Crippen LogP contribution in [0.15, 0.2) is 18.2 Å². The Morgan fingerprint density at radius 1 is 0.795 bits per heavy atom.